The minimum atomic E-state index is -1.18. The lowest BCUT2D eigenvalue weighted by Crippen LogP contribution is -2.43. The fraction of sp³-hybridized carbons (Fsp3) is 0.571. The molecule has 13 heteroatoms. The number of carbonyl (C=O) groups is 3. The van der Waals surface area contributed by atoms with Gasteiger partial charge >= 0.3 is 5.97 Å². The monoisotopic (exact) mass is 387 g/mol. The van der Waals surface area contributed by atoms with Crippen molar-refractivity contribution in [3.8, 4) is 0 Å². The van der Waals surface area contributed by atoms with Crippen molar-refractivity contribution in [2.24, 2.45) is 0 Å². The Balaban J connectivity index is 2.15. The van der Waals surface area contributed by atoms with Gasteiger partial charge in [-0.15, -0.1) is 10.1 Å². The Morgan fingerprint density at radius 3 is 2.74 bits per heavy atom. The molecule has 150 valence electrons. The Morgan fingerprint density at radius 2 is 2.11 bits per heavy atom. The van der Waals surface area contributed by atoms with Crippen molar-refractivity contribution in [3.05, 3.63) is 28.3 Å². The molecule has 1 rings (SSSR count). The number of H-pyrrole nitrogens is 1. The van der Waals surface area contributed by atoms with Gasteiger partial charge in [-0.25, -0.2) is 9.78 Å². The minimum absolute atomic E-state index is 0.00879. The van der Waals surface area contributed by atoms with Crippen LogP contribution in [0.25, 0.3) is 0 Å². The Labute approximate surface area is 153 Å². The lowest BCUT2D eigenvalue weighted by Gasteiger charge is -2.14. The summed E-state index contributed by atoms with van der Waals surface area (Å²) in [6, 6.07) is -1.11. The average Bonchev–Trinajstić information content (AvgIpc) is 3.10. The van der Waals surface area contributed by atoms with Crippen LogP contribution >= 0.6 is 0 Å². The molecule has 0 spiro atoms. The topological polar surface area (TPSA) is 186 Å². The number of aromatic amines is 1. The molecule has 0 aromatic carbocycles. The maximum absolute atomic E-state index is 11.8. The van der Waals surface area contributed by atoms with Crippen LogP contribution in [0.3, 0.4) is 0 Å². The fourth-order valence-electron chi connectivity index (χ4n) is 1.91. The van der Waals surface area contributed by atoms with Crippen LogP contribution in [0.4, 0.5) is 0 Å². The Bertz CT molecular complexity index is 621. The summed E-state index contributed by atoms with van der Waals surface area (Å²) in [7, 11) is 0. The van der Waals surface area contributed by atoms with Gasteiger partial charge in [0.2, 0.25) is 11.8 Å². The first-order valence-corrected chi connectivity index (χ1v) is 7.99. The van der Waals surface area contributed by atoms with Crippen molar-refractivity contribution in [2.75, 3.05) is 26.4 Å². The second-order valence-electron chi connectivity index (χ2n) is 5.30. The quantitative estimate of drug-likeness (QED) is 0.170. The van der Waals surface area contributed by atoms with E-state index < -0.39 is 28.9 Å². The molecule has 1 aromatic heterocycles. The van der Waals surface area contributed by atoms with E-state index in [1.165, 1.54) is 12.5 Å². The molecule has 1 atom stereocenters. The normalized spacial score (nSPS) is 11.4. The zero-order valence-corrected chi connectivity index (χ0v) is 14.4. The molecule has 0 saturated heterocycles. The van der Waals surface area contributed by atoms with Crippen LogP contribution in [-0.2, 0) is 30.4 Å². The Morgan fingerprint density at radius 1 is 1.33 bits per heavy atom. The van der Waals surface area contributed by atoms with Crippen molar-refractivity contribution < 1.29 is 34.2 Å². The van der Waals surface area contributed by atoms with Crippen LogP contribution in [0.2, 0.25) is 0 Å². The summed E-state index contributed by atoms with van der Waals surface area (Å²) in [5.74, 6) is -2.18. The summed E-state index contributed by atoms with van der Waals surface area (Å²) in [6.45, 7) is -0.278. The van der Waals surface area contributed by atoms with E-state index in [0.29, 0.717) is 5.69 Å². The number of amides is 2. The predicted molar refractivity (Wildman–Crippen MR) is 87.9 cm³/mol. The summed E-state index contributed by atoms with van der Waals surface area (Å²) >= 11 is 0. The Hall–Kier alpha value is -3.22. The largest absolute Gasteiger partial charge is 0.480 e. The molecule has 13 nitrogen and oxygen atoms in total. The van der Waals surface area contributed by atoms with Crippen LogP contribution in [0.1, 0.15) is 18.5 Å². The third-order valence-corrected chi connectivity index (χ3v) is 3.15. The van der Waals surface area contributed by atoms with Crippen molar-refractivity contribution in [2.45, 2.75) is 25.3 Å². The van der Waals surface area contributed by atoms with Gasteiger partial charge in [0.1, 0.15) is 12.6 Å². The SMILES string of the molecule is O=C(COCCCO[N+](=O)[O-])NCCC(=O)N[C@@H](Cc1cnc[nH]1)C(=O)O. The van der Waals surface area contributed by atoms with E-state index in [1.807, 2.05) is 0 Å². The fourth-order valence-corrected chi connectivity index (χ4v) is 1.91. The van der Waals surface area contributed by atoms with E-state index in [1.54, 1.807) is 0 Å². The number of nitrogens with zero attached hydrogens (tertiary/aromatic N) is 2. The van der Waals surface area contributed by atoms with Crippen LogP contribution < -0.4 is 10.6 Å². The molecule has 0 unspecified atom stereocenters. The highest BCUT2D eigenvalue weighted by molar-refractivity contribution is 5.84. The smallest absolute Gasteiger partial charge is 0.326 e. The molecule has 0 fully saturated rings. The van der Waals surface area contributed by atoms with Crippen molar-refractivity contribution in [3.63, 3.8) is 0 Å². The molecule has 0 radical (unpaired) electrons. The lowest BCUT2D eigenvalue weighted by atomic mass is 10.1. The highest BCUT2D eigenvalue weighted by atomic mass is 16.9. The first kappa shape index (κ1) is 21.8. The van der Waals surface area contributed by atoms with E-state index in [2.05, 4.69) is 25.4 Å². The van der Waals surface area contributed by atoms with Gasteiger partial charge in [0.05, 0.1) is 12.9 Å². The van der Waals surface area contributed by atoms with E-state index in [4.69, 9.17) is 9.84 Å². The van der Waals surface area contributed by atoms with E-state index in [0.717, 1.165) is 0 Å². The third-order valence-electron chi connectivity index (χ3n) is 3.15. The molecule has 0 aliphatic carbocycles. The number of carboxylic acid groups (broad SMARTS) is 1. The number of ether oxygens (including phenoxy) is 1. The van der Waals surface area contributed by atoms with Gasteiger partial charge in [-0.3, -0.25) is 9.59 Å². The minimum Gasteiger partial charge on any atom is -0.480 e. The third kappa shape index (κ3) is 10.4. The molecular weight excluding hydrogens is 366 g/mol. The van der Waals surface area contributed by atoms with Gasteiger partial charge in [0.25, 0.3) is 5.09 Å². The van der Waals surface area contributed by atoms with Crippen LogP contribution in [0.5, 0.6) is 0 Å². The van der Waals surface area contributed by atoms with E-state index in [9.17, 15) is 24.5 Å². The maximum Gasteiger partial charge on any atom is 0.326 e. The number of aliphatic carboxylic acids is 1. The Kier molecular flexibility index (Phi) is 9.85. The van der Waals surface area contributed by atoms with E-state index in [-0.39, 0.29) is 45.6 Å². The lowest BCUT2D eigenvalue weighted by molar-refractivity contribution is -0.757. The molecule has 0 aliphatic rings. The number of carbonyl (C=O) groups excluding carboxylic acids is 2. The average molecular weight is 387 g/mol. The molecule has 0 saturated carbocycles. The summed E-state index contributed by atoms with van der Waals surface area (Å²) in [6.07, 6.45) is 3.08. The van der Waals surface area contributed by atoms with Gasteiger partial charge in [0.15, 0.2) is 0 Å². The maximum atomic E-state index is 11.8. The summed E-state index contributed by atoms with van der Waals surface area (Å²) in [5, 5.41) is 22.9. The summed E-state index contributed by atoms with van der Waals surface area (Å²) < 4.78 is 4.99. The van der Waals surface area contributed by atoms with Gasteiger partial charge in [-0.1, -0.05) is 0 Å². The number of hydrogen-bond donors (Lipinski definition) is 4. The van der Waals surface area contributed by atoms with Gasteiger partial charge in [0, 0.05) is 37.9 Å². The summed E-state index contributed by atoms with van der Waals surface area (Å²) in [4.78, 5) is 55.0. The molecule has 1 heterocycles. The van der Waals surface area contributed by atoms with Gasteiger partial charge in [-0.2, -0.15) is 0 Å². The highest BCUT2D eigenvalue weighted by Gasteiger charge is 2.20. The number of rotatable bonds is 14. The second-order valence-corrected chi connectivity index (χ2v) is 5.30. The number of carboxylic acids is 1. The highest BCUT2D eigenvalue weighted by Crippen LogP contribution is 1.99. The second kappa shape index (κ2) is 12.2. The number of imidazole rings is 1. The van der Waals surface area contributed by atoms with Crippen LogP contribution in [0.15, 0.2) is 12.5 Å². The zero-order valence-electron chi connectivity index (χ0n) is 14.4. The van der Waals surface area contributed by atoms with Crippen LogP contribution in [0, 0.1) is 10.1 Å². The zero-order chi connectivity index (χ0) is 20.1. The first-order chi connectivity index (χ1) is 12.9. The molecular formula is C14H21N5O8. The molecule has 0 aliphatic heterocycles. The standard InChI is InChI=1S/C14H21N5O8/c20-12(18-11(14(22)23)6-10-7-15-9-17-10)2-3-16-13(21)8-26-4-1-5-27-19(24)25/h7,9,11H,1-6,8H2,(H,15,17)(H,16,21)(H,18,20)(H,22,23)/t11-/m0/s1. The number of aromatic nitrogens is 2. The molecule has 2 amide bonds. The summed E-state index contributed by atoms with van der Waals surface area (Å²) in [5.41, 5.74) is 0.566. The van der Waals surface area contributed by atoms with Gasteiger partial charge in [-0.05, 0) is 6.42 Å². The molecule has 4 N–H and O–H groups in total. The van der Waals surface area contributed by atoms with Crippen LogP contribution in [-0.4, -0.2) is 70.4 Å². The van der Waals surface area contributed by atoms with Crippen molar-refractivity contribution in [1.29, 1.82) is 0 Å². The van der Waals surface area contributed by atoms with Crippen molar-refractivity contribution in [1.82, 2.24) is 20.6 Å². The van der Waals surface area contributed by atoms with E-state index >= 15 is 0 Å². The predicted octanol–water partition coefficient (Wildman–Crippen LogP) is -1.36. The first-order valence-electron chi connectivity index (χ1n) is 7.99. The van der Waals surface area contributed by atoms with Crippen molar-refractivity contribution >= 4 is 17.8 Å². The molecule has 0 bridgehead atoms. The molecule has 27 heavy (non-hydrogen) atoms. The number of hydrogen-bond acceptors (Lipinski definition) is 8. The molecule has 1 aromatic rings. The van der Waals surface area contributed by atoms with Gasteiger partial charge < -0.3 is 30.3 Å². The number of nitrogens with one attached hydrogen (secondary N) is 3.